The van der Waals surface area contributed by atoms with Crippen molar-refractivity contribution in [2.45, 2.75) is 29.2 Å². The van der Waals surface area contributed by atoms with Gasteiger partial charge in [-0.2, -0.15) is 5.26 Å². The van der Waals surface area contributed by atoms with Gasteiger partial charge in [0.25, 0.3) is 0 Å². The van der Waals surface area contributed by atoms with Gasteiger partial charge in [-0.3, -0.25) is 9.78 Å². The van der Waals surface area contributed by atoms with Gasteiger partial charge in [0, 0.05) is 31.1 Å². The Morgan fingerprint density at radius 1 is 1.14 bits per heavy atom. The average Bonchev–Trinajstić information content (AvgIpc) is 2.86. The molecule has 2 aromatic carbocycles. The highest BCUT2D eigenvalue weighted by Crippen LogP contribution is 2.35. The minimum Gasteiger partial charge on any atom is -0.332 e. The van der Waals surface area contributed by atoms with E-state index in [9.17, 15) is 4.79 Å². The third kappa shape index (κ3) is 5.96. The zero-order chi connectivity index (χ0) is 25.0. The maximum absolute atomic E-state index is 12.8. The number of hydrogen-bond acceptors (Lipinski definition) is 4. The number of nitrogens with one attached hydrogen (secondary N) is 1. The third-order valence-corrected chi connectivity index (χ3v) is 6.88. The van der Waals surface area contributed by atoms with Gasteiger partial charge >= 0.3 is 0 Å². The summed E-state index contributed by atoms with van der Waals surface area (Å²) < 4.78 is -1.81. The van der Waals surface area contributed by atoms with Gasteiger partial charge in [-0.1, -0.05) is 65.1 Å². The standard InChI is InChI=1S/C25H22Cl3N5OS/c26-25(27,28)23(31-21(34)12-11-17-7-9-18(16-29)10-8-17)33-15-3-14-32(24(33)35)20-6-1-4-19-5-2-13-30-22(19)20/h1-2,4-10,13,23H,3,11-12,14-15H2,(H,31,34). The Labute approximate surface area is 224 Å². The molecule has 6 nitrogen and oxygen atoms in total. The molecule has 1 aromatic heterocycles. The summed E-state index contributed by atoms with van der Waals surface area (Å²) in [6, 6.07) is 19.0. The predicted octanol–water partition coefficient (Wildman–Crippen LogP) is 5.35. The number of pyridine rings is 1. The highest BCUT2D eigenvalue weighted by Gasteiger charge is 2.42. The van der Waals surface area contributed by atoms with E-state index in [0.29, 0.717) is 30.2 Å². The van der Waals surface area contributed by atoms with Crippen molar-refractivity contribution in [3.63, 3.8) is 0 Å². The van der Waals surface area contributed by atoms with E-state index in [4.69, 9.17) is 52.3 Å². The van der Waals surface area contributed by atoms with Crippen LogP contribution < -0.4 is 10.2 Å². The van der Waals surface area contributed by atoms with Gasteiger partial charge in [-0.25, -0.2) is 0 Å². The van der Waals surface area contributed by atoms with E-state index in [1.54, 1.807) is 23.2 Å². The van der Waals surface area contributed by atoms with Crippen molar-refractivity contribution in [1.82, 2.24) is 15.2 Å². The number of anilines is 1. The first-order chi connectivity index (χ1) is 16.8. The van der Waals surface area contributed by atoms with Crippen molar-refractivity contribution < 1.29 is 4.79 Å². The lowest BCUT2D eigenvalue weighted by Crippen LogP contribution is -2.62. The second-order valence-electron chi connectivity index (χ2n) is 8.15. The molecule has 180 valence electrons. The molecule has 1 atom stereocenters. The number of amides is 1. The van der Waals surface area contributed by atoms with Gasteiger partial charge < -0.3 is 15.1 Å². The number of rotatable bonds is 6. The summed E-state index contributed by atoms with van der Waals surface area (Å²) in [6.45, 7) is 1.21. The number of carbonyl (C=O) groups excluding carboxylic acids is 1. The normalized spacial score (nSPS) is 15.1. The molecule has 0 aliphatic carbocycles. The molecule has 0 bridgehead atoms. The lowest BCUT2D eigenvalue weighted by Gasteiger charge is -2.44. The SMILES string of the molecule is N#Cc1ccc(CCC(=O)NC(N2CCCN(c3cccc4cccnc34)C2=S)C(Cl)(Cl)Cl)cc1. The van der Waals surface area contributed by atoms with Crippen molar-refractivity contribution in [3.05, 3.63) is 71.9 Å². The second kappa shape index (κ2) is 11.0. The molecule has 2 heterocycles. The molecular weight excluding hydrogens is 525 g/mol. The molecule has 0 radical (unpaired) electrons. The van der Waals surface area contributed by atoms with Crippen LogP contribution in [-0.2, 0) is 11.2 Å². The first kappa shape index (κ1) is 25.5. The first-order valence-electron chi connectivity index (χ1n) is 11.0. The van der Waals surface area contributed by atoms with E-state index < -0.39 is 9.96 Å². The van der Waals surface area contributed by atoms with Gasteiger partial charge in [0.05, 0.1) is 22.8 Å². The third-order valence-electron chi connectivity index (χ3n) is 5.80. The number of halogens is 3. The second-order valence-corrected chi connectivity index (χ2v) is 10.9. The molecule has 1 amide bonds. The minimum absolute atomic E-state index is 0.195. The van der Waals surface area contributed by atoms with Gasteiger partial charge in [-0.15, -0.1) is 0 Å². The summed E-state index contributed by atoms with van der Waals surface area (Å²) in [5.74, 6) is -0.266. The number of fused-ring (bicyclic) bond motifs is 1. The van der Waals surface area contributed by atoms with Crippen LogP contribution in [-0.4, -0.2) is 44.0 Å². The van der Waals surface area contributed by atoms with Crippen LogP contribution in [0.1, 0.15) is 24.0 Å². The number of thiocarbonyl (C=S) groups is 1. The van der Waals surface area contributed by atoms with Gasteiger partial charge in [-0.05, 0) is 54.9 Å². The molecule has 1 fully saturated rings. The number of nitriles is 1. The minimum atomic E-state index is -1.81. The molecule has 0 saturated carbocycles. The lowest BCUT2D eigenvalue weighted by molar-refractivity contribution is -0.122. The van der Waals surface area contributed by atoms with E-state index in [0.717, 1.165) is 28.6 Å². The topological polar surface area (TPSA) is 72.3 Å². The fourth-order valence-electron chi connectivity index (χ4n) is 4.08. The number of aromatic nitrogens is 1. The predicted molar refractivity (Wildman–Crippen MR) is 145 cm³/mol. The van der Waals surface area contributed by atoms with Crippen LogP contribution in [0.3, 0.4) is 0 Å². The van der Waals surface area contributed by atoms with Crippen molar-refractivity contribution in [2.75, 3.05) is 18.0 Å². The smallest absolute Gasteiger partial charge is 0.228 e. The summed E-state index contributed by atoms with van der Waals surface area (Å²) >= 11 is 24.8. The monoisotopic (exact) mass is 545 g/mol. The molecule has 1 aliphatic rings. The van der Waals surface area contributed by atoms with Crippen molar-refractivity contribution >= 4 is 74.6 Å². The largest absolute Gasteiger partial charge is 0.332 e. The van der Waals surface area contributed by atoms with Crippen molar-refractivity contribution in [3.8, 4) is 6.07 Å². The number of aryl methyl sites for hydroxylation is 1. The van der Waals surface area contributed by atoms with Gasteiger partial charge in [0.2, 0.25) is 9.70 Å². The zero-order valence-corrected chi connectivity index (χ0v) is 21.7. The molecule has 4 rings (SSSR count). The Hall–Kier alpha value is -2.63. The maximum Gasteiger partial charge on any atom is 0.228 e. The number of nitrogens with zero attached hydrogens (tertiary/aromatic N) is 4. The van der Waals surface area contributed by atoms with Crippen molar-refractivity contribution in [1.29, 1.82) is 5.26 Å². The highest BCUT2D eigenvalue weighted by molar-refractivity contribution is 7.80. The van der Waals surface area contributed by atoms with Crippen LogP contribution in [0.5, 0.6) is 0 Å². The quantitative estimate of drug-likeness (QED) is 0.332. The van der Waals surface area contributed by atoms with Crippen LogP contribution in [0.2, 0.25) is 0 Å². The Morgan fingerprint density at radius 2 is 1.89 bits per heavy atom. The van der Waals surface area contributed by atoms with E-state index >= 15 is 0 Å². The highest BCUT2D eigenvalue weighted by atomic mass is 35.6. The van der Waals surface area contributed by atoms with Crippen LogP contribution in [0, 0.1) is 11.3 Å². The number of para-hydroxylation sites is 1. The molecule has 1 saturated heterocycles. The van der Waals surface area contributed by atoms with Crippen molar-refractivity contribution in [2.24, 2.45) is 0 Å². The first-order valence-corrected chi connectivity index (χ1v) is 12.6. The zero-order valence-electron chi connectivity index (χ0n) is 18.6. The Kier molecular flexibility index (Phi) is 7.98. The molecule has 1 unspecified atom stereocenters. The van der Waals surface area contributed by atoms with Crippen LogP contribution in [0.4, 0.5) is 5.69 Å². The summed E-state index contributed by atoms with van der Waals surface area (Å²) in [5.41, 5.74) is 3.20. The molecule has 1 N–H and O–H groups in total. The Balaban J connectivity index is 1.50. The summed E-state index contributed by atoms with van der Waals surface area (Å²) in [5, 5.41) is 13.3. The van der Waals surface area contributed by atoms with Crippen LogP contribution in [0.15, 0.2) is 60.8 Å². The molecule has 35 heavy (non-hydrogen) atoms. The molecular formula is C25H22Cl3N5OS. The number of hydrogen-bond donors (Lipinski definition) is 1. The van der Waals surface area contributed by atoms with E-state index in [-0.39, 0.29) is 12.3 Å². The fraction of sp³-hybridized carbons (Fsp3) is 0.280. The van der Waals surface area contributed by atoms with Crippen LogP contribution >= 0.6 is 47.0 Å². The van der Waals surface area contributed by atoms with Crippen LogP contribution in [0.25, 0.3) is 10.9 Å². The molecule has 10 heteroatoms. The lowest BCUT2D eigenvalue weighted by atomic mass is 10.1. The molecule has 0 spiro atoms. The average molecular weight is 547 g/mol. The van der Waals surface area contributed by atoms with E-state index in [1.807, 2.05) is 47.4 Å². The van der Waals surface area contributed by atoms with Gasteiger partial charge in [0.1, 0.15) is 0 Å². The number of benzene rings is 2. The Bertz CT molecular complexity index is 1270. The number of alkyl halides is 3. The number of carbonyl (C=O) groups is 1. The van der Waals surface area contributed by atoms with Gasteiger partial charge in [0.15, 0.2) is 11.3 Å². The molecule has 1 aliphatic heterocycles. The summed E-state index contributed by atoms with van der Waals surface area (Å²) in [4.78, 5) is 21.1. The van der Waals surface area contributed by atoms with E-state index in [1.165, 1.54) is 0 Å². The fourth-order valence-corrected chi connectivity index (χ4v) is 4.98. The van der Waals surface area contributed by atoms with E-state index in [2.05, 4.69) is 16.4 Å². The summed E-state index contributed by atoms with van der Waals surface area (Å²) in [7, 11) is 0. The molecule has 3 aromatic rings. The summed E-state index contributed by atoms with van der Waals surface area (Å²) in [6.07, 6.45) is 2.23. The maximum atomic E-state index is 12.8. The Morgan fingerprint density at radius 3 is 2.60 bits per heavy atom.